The van der Waals surface area contributed by atoms with Crippen molar-refractivity contribution in [3.05, 3.63) is 29.8 Å². The predicted octanol–water partition coefficient (Wildman–Crippen LogP) is 3.18. The maximum atomic E-state index is 12.1. The van der Waals surface area contributed by atoms with E-state index in [1.807, 2.05) is 20.8 Å². The Bertz CT molecular complexity index is 475. The van der Waals surface area contributed by atoms with Crippen molar-refractivity contribution < 1.29 is 9.59 Å². The standard InChI is InChI=1S/C15H21BrN2O2/c1-4-9-17-14(19)11-7-5-6-8-12(11)18-15(20)13(16)10(2)3/h5-8,10,13H,4,9H2,1-3H3,(H,17,19)(H,18,20). The zero-order chi connectivity index (χ0) is 15.1. The molecule has 0 fully saturated rings. The number of amides is 2. The smallest absolute Gasteiger partial charge is 0.253 e. The molecule has 1 unspecified atom stereocenters. The molecule has 1 aromatic rings. The summed E-state index contributed by atoms with van der Waals surface area (Å²) in [5.74, 6) is -0.134. The van der Waals surface area contributed by atoms with Crippen molar-refractivity contribution in [3.8, 4) is 0 Å². The second-order valence-electron chi connectivity index (χ2n) is 4.94. The first-order chi connectivity index (χ1) is 9.47. The first kappa shape index (κ1) is 16.7. The summed E-state index contributed by atoms with van der Waals surface area (Å²) in [7, 11) is 0. The second kappa shape index (κ2) is 8.04. The van der Waals surface area contributed by atoms with E-state index in [4.69, 9.17) is 0 Å². The Morgan fingerprint density at radius 1 is 1.25 bits per heavy atom. The number of anilines is 1. The number of hydrogen-bond acceptors (Lipinski definition) is 2. The molecule has 0 saturated heterocycles. The molecule has 0 aliphatic rings. The first-order valence-electron chi connectivity index (χ1n) is 6.79. The topological polar surface area (TPSA) is 58.2 Å². The molecule has 2 N–H and O–H groups in total. The van der Waals surface area contributed by atoms with Crippen LogP contribution in [0.25, 0.3) is 0 Å². The lowest BCUT2D eigenvalue weighted by molar-refractivity contribution is -0.116. The number of halogens is 1. The van der Waals surface area contributed by atoms with Crippen molar-refractivity contribution in [2.24, 2.45) is 5.92 Å². The van der Waals surface area contributed by atoms with Crippen LogP contribution in [-0.4, -0.2) is 23.2 Å². The highest BCUT2D eigenvalue weighted by Crippen LogP contribution is 2.19. The van der Waals surface area contributed by atoms with Crippen molar-refractivity contribution in [2.75, 3.05) is 11.9 Å². The van der Waals surface area contributed by atoms with Gasteiger partial charge in [0.1, 0.15) is 0 Å². The largest absolute Gasteiger partial charge is 0.352 e. The Labute approximate surface area is 128 Å². The van der Waals surface area contributed by atoms with Crippen molar-refractivity contribution in [2.45, 2.75) is 32.0 Å². The molecule has 0 saturated carbocycles. The Morgan fingerprint density at radius 2 is 1.90 bits per heavy atom. The summed E-state index contributed by atoms with van der Waals surface area (Å²) in [4.78, 5) is 23.8. The lowest BCUT2D eigenvalue weighted by Crippen LogP contribution is -2.29. The minimum absolute atomic E-state index is 0.143. The third-order valence-electron chi connectivity index (χ3n) is 2.80. The van der Waals surface area contributed by atoms with Gasteiger partial charge in [-0.2, -0.15) is 0 Å². The molecular weight excluding hydrogens is 320 g/mol. The first-order valence-corrected chi connectivity index (χ1v) is 7.71. The molecule has 1 atom stereocenters. The van der Waals surface area contributed by atoms with Crippen LogP contribution in [0.5, 0.6) is 0 Å². The van der Waals surface area contributed by atoms with Crippen molar-refractivity contribution in [3.63, 3.8) is 0 Å². The van der Waals surface area contributed by atoms with Gasteiger partial charge < -0.3 is 10.6 Å². The third kappa shape index (κ3) is 4.63. The predicted molar refractivity (Wildman–Crippen MR) is 85.2 cm³/mol. The second-order valence-corrected chi connectivity index (χ2v) is 5.92. The summed E-state index contributed by atoms with van der Waals surface area (Å²) in [5, 5.41) is 5.61. The van der Waals surface area contributed by atoms with Crippen LogP contribution >= 0.6 is 15.9 Å². The van der Waals surface area contributed by atoms with Gasteiger partial charge in [-0.3, -0.25) is 9.59 Å². The minimum atomic E-state index is -0.283. The maximum Gasteiger partial charge on any atom is 0.253 e. The summed E-state index contributed by atoms with van der Waals surface area (Å²) in [6, 6.07) is 7.02. The number of benzene rings is 1. The van der Waals surface area contributed by atoms with Crippen LogP contribution in [0.4, 0.5) is 5.69 Å². The molecule has 5 heteroatoms. The van der Waals surface area contributed by atoms with E-state index in [1.165, 1.54) is 0 Å². The van der Waals surface area contributed by atoms with Crippen LogP contribution < -0.4 is 10.6 Å². The van der Waals surface area contributed by atoms with Crippen LogP contribution in [0, 0.1) is 5.92 Å². The molecule has 0 heterocycles. The molecule has 0 bridgehead atoms. The molecule has 4 nitrogen and oxygen atoms in total. The lowest BCUT2D eigenvalue weighted by Gasteiger charge is -2.16. The molecule has 110 valence electrons. The fourth-order valence-corrected chi connectivity index (χ4v) is 1.74. The van der Waals surface area contributed by atoms with Gasteiger partial charge >= 0.3 is 0 Å². The summed E-state index contributed by atoms with van der Waals surface area (Å²) >= 11 is 3.36. The zero-order valence-corrected chi connectivity index (χ0v) is 13.7. The van der Waals surface area contributed by atoms with E-state index in [1.54, 1.807) is 24.3 Å². The molecular formula is C15H21BrN2O2. The van der Waals surface area contributed by atoms with Crippen molar-refractivity contribution >= 4 is 33.4 Å². The fraction of sp³-hybridized carbons (Fsp3) is 0.467. The van der Waals surface area contributed by atoms with Gasteiger partial charge in [0.05, 0.1) is 16.1 Å². The van der Waals surface area contributed by atoms with Gasteiger partial charge in [0.15, 0.2) is 0 Å². The monoisotopic (exact) mass is 340 g/mol. The van der Waals surface area contributed by atoms with Crippen LogP contribution in [-0.2, 0) is 4.79 Å². The number of carbonyl (C=O) groups excluding carboxylic acids is 2. The van der Waals surface area contributed by atoms with Gasteiger partial charge in [0.25, 0.3) is 5.91 Å². The molecule has 0 aliphatic heterocycles. The molecule has 0 spiro atoms. The fourth-order valence-electron chi connectivity index (χ4n) is 1.63. The van der Waals surface area contributed by atoms with Crippen LogP contribution in [0.3, 0.4) is 0 Å². The molecule has 1 rings (SSSR count). The number of alkyl halides is 1. The summed E-state index contributed by atoms with van der Waals surface area (Å²) < 4.78 is 0. The highest BCUT2D eigenvalue weighted by Gasteiger charge is 2.20. The van der Waals surface area contributed by atoms with E-state index < -0.39 is 0 Å². The SMILES string of the molecule is CCCNC(=O)c1ccccc1NC(=O)C(Br)C(C)C. The number of para-hydroxylation sites is 1. The molecule has 0 aromatic heterocycles. The van der Waals surface area contributed by atoms with E-state index in [0.29, 0.717) is 17.8 Å². The Balaban J connectivity index is 2.85. The lowest BCUT2D eigenvalue weighted by atomic mass is 10.1. The number of hydrogen-bond donors (Lipinski definition) is 2. The summed E-state index contributed by atoms with van der Waals surface area (Å²) in [5.41, 5.74) is 1.02. The Morgan fingerprint density at radius 3 is 2.50 bits per heavy atom. The van der Waals surface area contributed by atoms with Gasteiger partial charge in [-0.25, -0.2) is 0 Å². The Hall–Kier alpha value is -1.36. The highest BCUT2D eigenvalue weighted by molar-refractivity contribution is 9.10. The zero-order valence-electron chi connectivity index (χ0n) is 12.1. The van der Waals surface area contributed by atoms with E-state index in [-0.39, 0.29) is 22.6 Å². The van der Waals surface area contributed by atoms with Gasteiger partial charge in [-0.05, 0) is 24.5 Å². The molecule has 2 amide bonds. The number of carbonyl (C=O) groups is 2. The van der Waals surface area contributed by atoms with Gasteiger partial charge in [0, 0.05) is 6.54 Å². The molecule has 1 aromatic carbocycles. The minimum Gasteiger partial charge on any atom is -0.352 e. The van der Waals surface area contributed by atoms with E-state index in [2.05, 4.69) is 26.6 Å². The molecule has 20 heavy (non-hydrogen) atoms. The van der Waals surface area contributed by atoms with Gasteiger partial charge in [-0.1, -0.05) is 48.8 Å². The number of nitrogens with one attached hydrogen (secondary N) is 2. The van der Waals surface area contributed by atoms with Crippen LogP contribution in [0.1, 0.15) is 37.6 Å². The molecule has 0 aliphatic carbocycles. The van der Waals surface area contributed by atoms with Crippen LogP contribution in [0.2, 0.25) is 0 Å². The van der Waals surface area contributed by atoms with Gasteiger partial charge in [0.2, 0.25) is 5.91 Å². The third-order valence-corrected chi connectivity index (χ3v) is 4.27. The van der Waals surface area contributed by atoms with Crippen LogP contribution in [0.15, 0.2) is 24.3 Å². The van der Waals surface area contributed by atoms with E-state index in [0.717, 1.165) is 6.42 Å². The van der Waals surface area contributed by atoms with Crippen molar-refractivity contribution in [1.82, 2.24) is 5.32 Å². The van der Waals surface area contributed by atoms with Gasteiger partial charge in [-0.15, -0.1) is 0 Å². The Kier molecular flexibility index (Phi) is 6.71. The maximum absolute atomic E-state index is 12.1. The van der Waals surface area contributed by atoms with E-state index >= 15 is 0 Å². The molecule has 0 radical (unpaired) electrons. The quantitative estimate of drug-likeness (QED) is 0.781. The summed E-state index contributed by atoms with van der Waals surface area (Å²) in [6.07, 6.45) is 0.872. The van der Waals surface area contributed by atoms with Crippen molar-refractivity contribution in [1.29, 1.82) is 0 Å². The summed E-state index contributed by atoms with van der Waals surface area (Å²) in [6.45, 7) is 6.53. The highest BCUT2D eigenvalue weighted by atomic mass is 79.9. The van der Waals surface area contributed by atoms with E-state index in [9.17, 15) is 9.59 Å². The average Bonchev–Trinajstić information content (AvgIpc) is 2.44. The number of rotatable bonds is 6. The normalized spacial score (nSPS) is 12.1. The average molecular weight is 341 g/mol.